The Morgan fingerprint density at radius 1 is 1.11 bits per heavy atom. The first-order valence-corrected chi connectivity index (χ1v) is 6.58. The van der Waals surface area contributed by atoms with Crippen LogP contribution in [-0.2, 0) is 6.42 Å². The van der Waals surface area contributed by atoms with Crippen molar-refractivity contribution in [3.8, 4) is 0 Å². The summed E-state index contributed by atoms with van der Waals surface area (Å²) in [6.45, 7) is 1.89. The van der Waals surface area contributed by atoms with Gasteiger partial charge in [0.15, 0.2) is 0 Å². The molecule has 0 saturated carbocycles. The molecule has 0 aliphatic carbocycles. The lowest BCUT2D eigenvalue weighted by atomic mass is 10.1. The largest absolute Gasteiger partial charge is 0.341 e. The molecule has 5 heteroatoms. The molecule has 2 heterocycles. The van der Waals surface area contributed by atoms with Gasteiger partial charge in [0.25, 0.3) is 5.56 Å². The van der Waals surface area contributed by atoms with Crippen LogP contribution >= 0.6 is 0 Å². The van der Waals surface area contributed by atoms with Gasteiger partial charge in [-0.1, -0.05) is 30.3 Å². The normalized spacial score (nSPS) is 14.8. The summed E-state index contributed by atoms with van der Waals surface area (Å²) in [4.78, 5) is 16.9. The zero-order chi connectivity index (χ0) is 13.1. The van der Waals surface area contributed by atoms with E-state index in [4.69, 9.17) is 0 Å². The van der Waals surface area contributed by atoms with Gasteiger partial charge in [-0.15, -0.1) is 10.2 Å². The highest BCUT2D eigenvalue weighted by molar-refractivity contribution is 5.29. The van der Waals surface area contributed by atoms with Gasteiger partial charge in [0, 0.05) is 19.5 Å². The predicted molar refractivity (Wildman–Crippen MR) is 73.3 cm³/mol. The van der Waals surface area contributed by atoms with Gasteiger partial charge in [0.1, 0.15) is 5.69 Å². The third kappa shape index (κ3) is 2.65. The summed E-state index contributed by atoms with van der Waals surface area (Å²) in [5.74, 6) is 0.597. The molecule has 2 aromatic rings. The van der Waals surface area contributed by atoms with E-state index in [2.05, 4.69) is 20.1 Å². The van der Waals surface area contributed by atoms with E-state index < -0.39 is 0 Å². The predicted octanol–water partition coefficient (Wildman–Crippen LogP) is 1.36. The zero-order valence-corrected chi connectivity index (χ0v) is 10.7. The van der Waals surface area contributed by atoms with Crippen molar-refractivity contribution in [3.05, 3.63) is 51.9 Å². The number of rotatable bonds is 3. The summed E-state index contributed by atoms with van der Waals surface area (Å²) in [6.07, 6.45) is 2.81. The van der Waals surface area contributed by atoms with Crippen molar-refractivity contribution in [1.29, 1.82) is 0 Å². The van der Waals surface area contributed by atoms with Crippen LogP contribution < -0.4 is 10.5 Å². The van der Waals surface area contributed by atoms with Gasteiger partial charge < -0.3 is 4.90 Å². The Hall–Kier alpha value is -2.17. The van der Waals surface area contributed by atoms with Crippen molar-refractivity contribution in [2.75, 3.05) is 18.0 Å². The molecule has 0 bridgehead atoms. The number of nitrogens with zero attached hydrogens (tertiary/aromatic N) is 3. The van der Waals surface area contributed by atoms with Crippen molar-refractivity contribution in [2.45, 2.75) is 19.3 Å². The lowest BCUT2D eigenvalue weighted by molar-refractivity contribution is 0.805. The minimum atomic E-state index is -0.138. The lowest BCUT2D eigenvalue weighted by Gasteiger charge is -2.14. The molecule has 1 fully saturated rings. The second-order valence-electron chi connectivity index (χ2n) is 4.78. The van der Waals surface area contributed by atoms with Crippen LogP contribution in [0.1, 0.15) is 24.1 Å². The fraction of sp³-hybridized carbons (Fsp3) is 0.357. The van der Waals surface area contributed by atoms with E-state index in [9.17, 15) is 4.79 Å². The van der Waals surface area contributed by atoms with E-state index in [0.29, 0.717) is 18.1 Å². The molecule has 5 nitrogen and oxygen atoms in total. The van der Waals surface area contributed by atoms with Crippen LogP contribution in [0.25, 0.3) is 0 Å². The first-order chi connectivity index (χ1) is 9.33. The number of hydrogen-bond acceptors (Lipinski definition) is 4. The molecule has 0 amide bonds. The van der Waals surface area contributed by atoms with Crippen molar-refractivity contribution in [3.63, 3.8) is 0 Å². The Morgan fingerprint density at radius 2 is 1.84 bits per heavy atom. The molecule has 0 radical (unpaired) electrons. The Kier molecular flexibility index (Phi) is 3.27. The van der Waals surface area contributed by atoms with E-state index in [1.54, 1.807) is 0 Å². The molecule has 0 spiro atoms. The summed E-state index contributed by atoms with van der Waals surface area (Å²) in [5, 5.41) is 8.22. The van der Waals surface area contributed by atoms with Gasteiger partial charge in [-0.25, -0.2) is 0 Å². The summed E-state index contributed by atoms with van der Waals surface area (Å²) in [6, 6.07) is 9.83. The van der Waals surface area contributed by atoms with Gasteiger partial charge in [-0.3, -0.25) is 9.78 Å². The third-order valence-corrected chi connectivity index (χ3v) is 3.37. The van der Waals surface area contributed by atoms with Crippen molar-refractivity contribution >= 4 is 5.95 Å². The number of anilines is 1. The second-order valence-corrected chi connectivity index (χ2v) is 4.78. The fourth-order valence-electron chi connectivity index (χ4n) is 2.33. The number of aromatic amines is 1. The van der Waals surface area contributed by atoms with Crippen molar-refractivity contribution in [2.24, 2.45) is 0 Å². The monoisotopic (exact) mass is 256 g/mol. The maximum Gasteiger partial charge on any atom is 0.274 e. The Labute approximate surface area is 111 Å². The molecule has 98 valence electrons. The molecule has 1 aliphatic heterocycles. The van der Waals surface area contributed by atoms with E-state index in [1.165, 1.54) is 0 Å². The van der Waals surface area contributed by atoms with Crippen molar-refractivity contribution in [1.82, 2.24) is 15.2 Å². The van der Waals surface area contributed by atoms with Crippen LogP contribution in [0.3, 0.4) is 0 Å². The SMILES string of the molecule is O=c1[nH]c(N2CCCC2)nnc1Cc1ccccc1. The number of aromatic nitrogens is 3. The minimum Gasteiger partial charge on any atom is -0.341 e. The minimum absolute atomic E-state index is 0.138. The first-order valence-electron chi connectivity index (χ1n) is 6.58. The smallest absolute Gasteiger partial charge is 0.274 e. The van der Waals surface area contributed by atoms with Crippen LogP contribution in [0.5, 0.6) is 0 Å². The summed E-state index contributed by atoms with van der Waals surface area (Å²) in [5.41, 5.74) is 1.39. The van der Waals surface area contributed by atoms with Gasteiger partial charge in [-0.05, 0) is 18.4 Å². The van der Waals surface area contributed by atoms with E-state index in [1.807, 2.05) is 30.3 Å². The van der Waals surface area contributed by atoms with Gasteiger partial charge in [0.2, 0.25) is 5.95 Å². The van der Waals surface area contributed by atoms with Crippen LogP contribution in [0, 0.1) is 0 Å². The molecule has 1 aliphatic rings. The Morgan fingerprint density at radius 3 is 2.53 bits per heavy atom. The molecule has 0 unspecified atom stereocenters. The molecular weight excluding hydrogens is 240 g/mol. The average Bonchev–Trinajstić information content (AvgIpc) is 2.96. The number of H-pyrrole nitrogens is 1. The van der Waals surface area contributed by atoms with Crippen LogP contribution in [0.2, 0.25) is 0 Å². The number of benzene rings is 1. The van der Waals surface area contributed by atoms with E-state index in [0.717, 1.165) is 31.5 Å². The van der Waals surface area contributed by atoms with E-state index in [-0.39, 0.29) is 5.56 Å². The quantitative estimate of drug-likeness (QED) is 0.900. The Bertz CT molecular complexity index is 602. The average molecular weight is 256 g/mol. The first kappa shape index (κ1) is 11.9. The van der Waals surface area contributed by atoms with Crippen molar-refractivity contribution < 1.29 is 0 Å². The molecule has 0 atom stereocenters. The number of nitrogens with one attached hydrogen (secondary N) is 1. The van der Waals surface area contributed by atoms with Crippen LogP contribution in [0.15, 0.2) is 35.1 Å². The highest BCUT2D eigenvalue weighted by atomic mass is 16.1. The highest BCUT2D eigenvalue weighted by Crippen LogP contribution is 2.13. The highest BCUT2D eigenvalue weighted by Gasteiger charge is 2.15. The van der Waals surface area contributed by atoms with Gasteiger partial charge in [-0.2, -0.15) is 0 Å². The molecule has 1 saturated heterocycles. The molecule has 1 aromatic carbocycles. The second kappa shape index (κ2) is 5.22. The van der Waals surface area contributed by atoms with Crippen LogP contribution in [0.4, 0.5) is 5.95 Å². The van der Waals surface area contributed by atoms with Gasteiger partial charge >= 0.3 is 0 Å². The molecule has 1 N–H and O–H groups in total. The Balaban J connectivity index is 1.82. The lowest BCUT2D eigenvalue weighted by Crippen LogP contribution is -2.26. The van der Waals surface area contributed by atoms with Gasteiger partial charge in [0.05, 0.1) is 0 Å². The molecule has 3 rings (SSSR count). The standard InChI is InChI=1S/C14H16N4O/c19-13-12(10-11-6-2-1-3-7-11)16-17-14(15-13)18-8-4-5-9-18/h1-3,6-7H,4-5,8-10H2,(H,15,17,19). The summed E-state index contributed by atoms with van der Waals surface area (Å²) < 4.78 is 0. The fourth-order valence-corrected chi connectivity index (χ4v) is 2.33. The molecule has 19 heavy (non-hydrogen) atoms. The zero-order valence-electron chi connectivity index (χ0n) is 10.7. The summed E-state index contributed by atoms with van der Waals surface area (Å²) in [7, 11) is 0. The third-order valence-electron chi connectivity index (χ3n) is 3.37. The topological polar surface area (TPSA) is 61.9 Å². The molecular formula is C14H16N4O. The molecule has 1 aromatic heterocycles. The van der Waals surface area contributed by atoms with E-state index >= 15 is 0 Å². The summed E-state index contributed by atoms with van der Waals surface area (Å²) >= 11 is 0. The number of hydrogen-bond donors (Lipinski definition) is 1. The maximum absolute atomic E-state index is 12.0. The van der Waals surface area contributed by atoms with Crippen LogP contribution in [-0.4, -0.2) is 28.3 Å². The maximum atomic E-state index is 12.0.